The smallest absolute Gasteiger partial charge is 0.0892 e. The minimum Gasteiger partial charge on any atom is -0.381 e. The first-order valence-corrected chi connectivity index (χ1v) is 11.7. The van der Waals surface area contributed by atoms with Crippen LogP contribution >= 0.6 is 0 Å². The van der Waals surface area contributed by atoms with Crippen LogP contribution in [0.1, 0.15) is 42.1 Å². The molecule has 0 saturated carbocycles. The Morgan fingerprint density at radius 2 is 1.67 bits per heavy atom. The molecule has 3 aromatic rings. The first-order valence-electron chi connectivity index (χ1n) is 11.7. The standard InChI is InChI=1S/C31H28N2/c1-22-15-18-30-26-20-24(23-10-4-3-5-11-23)16-17-28(26)31(2,33(30)21-22)27-13-7-6-12-25(27)29-14-8-9-19-32-29/h3-20,29,32H,21H2,1-2H3. The van der Waals surface area contributed by atoms with Crippen molar-refractivity contribution in [1.29, 1.82) is 0 Å². The van der Waals surface area contributed by atoms with Gasteiger partial charge in [0.15, 0.2) is 0 Å². The number of allylic oxidation sites excluding steroid dienone is 4. The number of nitrogens with one attached hydrogen (secondary N) is 1. The van der Waals surface area contributed by atoms with E-state index in [9.17, 15) is 0 Å². The molecule has 2 unspecified atom stereocenters. The molecule has 3 aliphatic rings. The highest BCUT2D eigenvalue weighted by Gasteiger charge is 2.47. The molecule has 2 atom stereocenters. The van der Waals surface area contributed by atoms with E-state index in [4.69, 9.17) is 0 Å². The monoisotopic (exact) mass is 428 g/mol. The summed E-state index contributed by atoms with van der Waals surface area (Å²) in [4.78, 5) is 2.60. The van der Waals surface area contributed by atoms with Crippen LogP contribution < -0.4 is 5.32 Å². The Bertz CT molecular complexity index is 1340. The second kappa shape index (κ2) is 7.67. The van der Waals surface area contributed by atoms with Crippen molar-refractivity contribution in [2.24, 2.45) is 0 Å². The van der Waals surface area contributed by atoms with Gasteiger partial charge in [0, 0.05) is 17.8 Å². The molecule has 0 amide bonds. The Morgan fingerprint density at radius 3 is 2.48 bits per heavy atom. The largest absolute Gasteiger partial charge is 0.381 e. The van der Waals surface area contributed by atoms with Crippen molar-refractivity contribution in [3.8, 4) is 11.1 Å². The van der Waals surface area contributed by atoms with E-state index >= 15 is 0 Å². The molecular formula is C31H28N2. The molecule has 33 heavy (non-hydrogen) atoms. The van der Waals surface area contributed by atoms with Gasteiger partial charge in [-0.05, 0) is 66.1 Å². The molecule has 2 nitrogen and oxygen atoms in total. The summed E-state index contributed by atoms with van der Waals surface area (Å²) < 4.78 is 0. The molecule has 3 aromatic carbocycles. The Hall–Kier alpha value is -3.78. The first-order chi connectivity index (χ1) is 16.2. The molecule has 3 aliphatic heterocycles. The lowest BCUT2D eigenvalue weighted by molar-refractivity contribution is 0.257. The molecule has 1 N–H and O–H groups in total. The van der Waals surface area contributed by atoms with Gasteiger partial charge in [-0.25, -0.2) is 0 Å². The van der Waals surface area contributed by atoms with Crippen LogP contribution in [-0.2, 0) is 5.54 Å². The lowest BCUT2D eigenvalue weighted by Gasteiger charge is -2.42. The van der Waals surface area contributed by atoms with Crippen LogP contribution in [-0.4, -0.2) is 11.4 Å². The van der Waals surface area contributed by atoms with Crippen molar-refractivity contribution in [2.75, 3.05) is 6.54 Å². The lowest BCUT2D eigenvalue weighted by atomic mass is 9.79. The molecule has 0 fully saturated rings. The molecule has 3 heterocycles. The van der Waals surface area contributed by atoms with Gasteiger partial charge in [0.1, 0.15) is 0 Å². The topological polar surface area (TPSA) is 15.3 Å². The Kier molecular flexibility index (Phi) is 4.62. The van der Waals surface area contributed by atoms with Crippen LogP contribution in [0.3, 0.4) is 0 Å². The fourth-order valence-corrected chi connectivity index (χ4v) is 5.61. The Labute approximate surface area is 196 Å². The molecule has 0 saturated heterocycles. The molecule has 162 valence electrons. The van der Waals surface area contributed by atoms with E-state index in [1.165, 1.54) is 44.7 Å². The maximum absolute atomic E-state index is 3.54. The third-order valence-corrected chi connectivity index (χ3v) is 7.30. The van der Waals surface area contributed by atoms with Gasteiger partial charge >= 0.3 is 0 Å². The van der Waals surface area contributed by atoms with E-state index in [2.05, 4.69) is 127 Å². The molecule has 0 bridgehead atoms. The lowest BCUT2D eigenvalue weighted by Crippen LogP contribution is -2.41. The minimum atomic E-state index is -0.251. The third-order valence-electron chi connectivity index (χ3n) is 7.30. The second-order valence-corrected chi connectivity index (χ2v) is 9.33. The summed E-state index contributed by atoms with van der Waals surface area (Å²) in [5, 5.41) is 3.54. The fourth-order valence-electron chi connectivity index (χ4n) is 5.61. The highest BCUT2D eigenvalue weighted by molar-refractivity contribution is 5.82. The van der Waals surface area contributed by atoms with Gasteiger partial charge in [-0.1, -0.05) is 90.5 Å². The molecular weight excluding hydrogens is 400 g/mol. The number of rotatable bonds is 3. The average Bonchev–Trinajstić information content (AvgIpc) is 3.13. The quantitative estimate of drug-likeness (QED) is 0.486. The minimum absolute atomic E-state index is 0.171. The molecule has 6 rings (SSSR count). The van der Waals surface area contributed by atoms with Gasteiger partial charge in [-0.3, -0.25) is 0 Å². The molecule has 2 heteroatoms. The first kappa shape index (κ1) is 19.9. The maximum atomic E-state index is 3.54. The number of dihydropyridines is 1. The summed E-state index contributed by atoms with van der Waals surface area (Å²) >= 11 is 0. The van der Waals surface area contributed by atoms with Gasteiger partial charge < -0.3 is 10.2 Å². The van der Waals surface area contributed by atoms with Crippen molar-refractivity contribution >= 4 is 5.70 Å². The van der Waals surface area contributed by atoms with Crippen LogP contribution in [0.5, 0.6) is 0 Å². The van der Waals surface area contributed by atoms with Crippen LogP contribution in [0, 0.1) is 0 Å². The number of hydrogen-bond donors (Lipinski definition) is 1. The van der Waals surface area contributed by atoms with E-state index in [1.54, 1.807) is 0 Å². The van der Waals surface area contributed by atoms with Crippen molar-refractivity contribution in [1.82, 2.24) is 10.2 Å². The van der Waals surface area contributed by atoms with E-state index < -0.39 is 0 Å². The van der Waals surface area contributed by atoms with Gasteiger partial charge in [0.25, 0.3) is 0 Å². The van der Waals surface area contributed by atoms with Gasteiger partial charge in [0.2, 0.25) is 0 Å². The number of hydrogen-bond acceptors (Lipinski definition) is 2. The van der Waals surface area contributed by atoms with Gasteiger partial charge in [-0.2, -0.15) is 0 Å². The molecule has 0 spiro atoms. The number of nitrogens with zero attached hydrogens (tertiary/aromatic N) is 1. The normalized spacial score (nSPS) is 22.8. The van der Waals surface area contributed by atoms with E-state index in [-0.39, 0.29) is 11.6 Å². The SMILES string of the molecule is CC1=CC=C2c3cc(-c4ccccc4)ccc3C(C)(c3ccccc3C3C=CC=CN3)N2C1. The Balaban J connectivity index is 1.56. The summed E-state index contributed by atoms with van der Waals surface area (Å²) in [5.41, 5.74) is 10.4. The predicted molar refractivity (Wildman–Crippen MR) is 137 cm³/mol. The van der Waals surface area contributed by atoms with Crippen LogP contribution in [0.25, 0.3) is 16.8 Å². The third kappa shape index (κ3) is 3.09. The molecule has 0 aromatic heterocycles. The van der Waals surface area contributed by atoms with Gasteiger partial charge in [0.05, 0.1) is 11.6 Å². The highest BCUT2D eigenvalue weighted by Crippen LogP contribution is 2.52. The Morgan fingerprint density at radius 1 is 0.848 bits per heavy atom. The maximum Gasteiger partial charge on any atom is 0.0892 e. The van der Waals surface area contributed by atoms with Gasteiger partial charge in [-0.15, -0.1) is 0 Å². The van der Waals surface area contributed by atoms with Crippen molar-refractivity contribution in [3.63, 3.8) is 0 Å². The fraction of sp³-hybridized carbons (Fsp3) is 0.161. The zero-order valence-electron chi connectivity index (χ0n) is 19.1. The summed E-state index contributed by atoms with van der Waals surface area (Å²) in [6, 6.07) is 26.8. The molecule has 0 radical (unpaired) electrons. The summed E-state index contributed by atoms with van der Waals surface area (Å²) in [6.07, 6.45) is 13.1. The van der Waals surface area contributed by atoms with E-state index in [0.29, 0.717) is 0 Å². The summed E-state index contributed by atoms with van der Waals surface area (Å²) in [6.45, 7) is 5.56. The zero-order chi connectivity index (χ0) is 22.4. The van der Waals surface area contributed by atoms with Crippen LogP contribution in [0.2, 0.25) is 0 Å². The van der Waals surface area contributed by atoms with Crippen molar-refractivity contribution < 1.29 is 0 Å². The molecule has 0 aliphatic carbocycles. The second-order valence-electron chi connectivity index (χ2n) is 9.33. The summed E-state index contributed by atoms with van der Waals surface area (Å²) in [7, 11) is 0. The van der Waals surface area contributed by atoms with E-state index in [0.717, 1.165) is 6.54 Å². The van der Waals surface area contributed by atoms with Crippen LogP contribution in [0.15, 0.2) is 115 Å². The number of fused-ring (bicyclic) bond motifs is 3. The predicted octanol–water partition coefficient (Wildman–Crippen LogP) is 6.95. The highest BCUT2D eigenvalue weighted by atomic mass is 15.2. The zero-order valence-corrected chi connectivity index (χ0v) is 19.1. The van der Waals surface area contributed by atoms with Crippen LogP contribution in [0.4, 0.5) is 0 Å². The summed E-state index contributed by atoms with van der Waals surface area (Å²) in [5.74, 6) is 0. The number of benzene rings is 3. The average molecular weight is 429 g/mol. The van der Waals surface area contributed by atoms with Crippen molar-refractivity contribution in [2.45, 2.75) is 25.4 Å². The van der Waals surface area contributed by atoms with Crippen molar-refractivity contribution in [3.05, 3.63) is 137 Å². The van der Waals surface area contributed by atoms with E-state index in [1.807, 2.05) is 6.20 Å².